The van der Waals surface area contributed by atoms with Crippen LogP contribution in [-0.4, -0.2) is 4.98 Å². The molecule has 0 aliphatic carbocycles. The molecule has 0 atom stereocenters. The van der Waals surface area contributed by atoms with E-state index in [1.165, 1.54) is 0 Å². The molecule has 0 unspecified atom stereocenters. The summed E-state index contributed by atoms with van der Waals surface area (Å²) in [6.45, 7) is 0. The van der Waals surface area contributed by atoms with Gasteiger partial charge in [-0.05, 0) is 12.1 Å². The van der Waals surface area contributed by atoms with Gasteiger partial charge < -0.3 is 0 Å². The van der Waals surface area contributed by atoms with Crippen LogP contribution < -0.4 is 0 Å². The highest BCUT2D eigenvalue weighted by Crippen LogP contribution is 1.88. The molecule has 2 heteroatoms. The van der Waals surface area contributed by atoms with Crippen LogP contribution in [0.4, 0.5) is 0 Å². The first kappa shape index (κ1) is 4.79. The molecule has 37 valence electrons. The van der Waals surface area contributed by atoms with Gasteiger partial charge in [0.05, 0.1) is 5.56 Å². The average Bonchev–Trinajstić information content (AvgIpc) is 1.90. The summed E-state index contributed by atoms with van der Waals surface area (Å²) in [6.07, 6.45) is 4.09. The van der Waals surface area contributed by atoms with E-state index in [2.05, 4.69) is 11.2 Å². The number of rotatable bonds is 0. The van der Waals surface area contributed by atoms with Gasteiger partial charge >= 0.3 is 0 Å². The molecule has 1 aromatic rings. The third kappa shape index (κ3) is 0.824. The maximum Gasteiger partial charge on any atom is 0.108 e. The summed E-state index contributed by atoms with van der Waals surface area (Å²) in [4.78, 5) is 3.61. The zero-order valence-corrected chi connectivity index (χ0v) is 4.13. The van der Waals surface area contributed by atoms with E-state index in [0.717, 1.165) is 0 Å². The fourth-order valence-corrected chi connectivity index (χ4v) is 0.389. The molecule has 0 bridgehead atoms. The van der Waals surface area contributed by atoms with Crippen LogP contribution in [-0.2, 0) is 0 Å². The second-order valence-electron chi connectivity index (χ2n) is 1.27. The smallest absolute Gasteiger partial charge is 0.108 e. The quantitative estimate of drug-likeness (QED) is 0.486. The molecule has 1 aromatic heterocycles. The highest BCUT2D eigenvalue weighted by Gasteiger charge is 1.82. The SMILES string of the molecule is N#Cc1[c]nccc1. The lowest BCUT2D eigenvalue weighted by atomic mass is 10.3. The molecule has 0 saturated carbocycles. The first-order valence-electron chi connectivity index (χ1n) is 2.16. The molecular weight excluding hydrogens is 100 g/mol. The van der Waals surface area contributed by atoms with Crippen molar-refractivity contribution in [2.75, 3.05) is 0 Å². The largest absolute Gasteiger partial charge is 0.253 e. The topological polar surface area (TPSA) is 36.7 Å². The Balaban J connectivity index is 3.05. The molecule has 8 heavy (non-hydrogen) atoms. The first-order valence-corrected chi connectivity index (χ1v) is 2.16. The molecular formula is C6H3N2. The van der Waals surface area contributed by atoms with E-state index < -0.39 is 0 Å². The lowest BCUT2D eigenvalue weighted by Crippen LogP contribution is -1.73. The minimum Gasteiger partial charge on any atom is -0.253 e. The monoisotopic (exact) mass is 103 g/mol. The van der Waals surface area contributed by atoms with Crippen molar-refractivity contribution < 1.29 is 0 Å². The lowest BCUT2D eigenvalue weighted by molar-refractivity contribution is 1.29. The van der Waals surface area contributed by atoms with Crippen LogP contribution in [0.3, 0.4) is 0 Å². The van der Waals surface area contributed by atoms with Crippen LogP contribution in [0.25, 0.3) is 0 Å². The summed E-state index contributed by atoms with van der Waals surface area (Å²) in [7, 11) is 0. The Morgan fingerprint density at radius 2 is 2.62 bits per heavy atom. The normalized spacial score (nSPS) is 7.88. The summed E-state index contributed by atoms with van der Waals surface area (Å²) in [5.41, 5.74) is 0.479. The number of hydrogen-bond donors (Lipinski definition) is 0. The predicted octanol–water partition coefficient (Wildman–Crippen LogP) is 0.753. The van der Waals surface area contributed by atoms with E-state index in [9.17, 15) is 0 Å². The van der Waals surface area contributed by atoms with Gasteiger partial charge in [0.25, 0.3) is 0 Å². The second-order valence-corrected chi connectivity index (χ2v) is 1.27. The molecule has 0 amide bonds. The van der Waals surface area contributed by atoms with Gasteiger partial charge in [0.1, 0.15) is 12.3 Å². The van der Waals surface area contributed by atoms with Crippen molar-refractivity contribution in [2.45, 2.75) is 0 Å². The summed E-state index contributed by atoms with van der Waals surface area (Å²) in [6, 6.07) is 5.27. The van der Waals surface area contributed by atoms with Crippen molar-refractivity contribution in [1.29, 1.82) is 5.26 Å². The zero-order chi connectivity index (χ0) is 5.82. The van der Waals surface area contributed by atoms with E-state index in [1.54, 1.807) is 18.3 Å². The molecule has 1 radical (unpaired) electrons. The molecule has 1 heterocycles. The molecule has 1 rings (SSSR count). The van der Waals surface area contributed by atoms with Gasteiger partial charge in [-0.1, -0.05) is 0 Å². The number of aromatic nitrogens is 1. The molecule has 0 saturated heterocycles. The van der Waals surface area contributed by atoms with Gasteiger partial charge in [-0.2, -0.15) is 5.26 Å². The first-order chi connectivity index (χ1) is 3.93. The van der Waals surface area contributed by atoms with Crippen LogP contribution in [0.5, 0.6) is 0 Å². The summed E-state index contributed by atoms with van der Waals surface area (Å²) in [5, 5.41) is 8.22. The van der Waals surface area contributed by atoms with Crippen molar-refractivity contribution in [3.05, 3.63) is 30.1 Å². The number of hydrogen-bond acceptors (Lipinski definition) is 2. The van der Waals surface area contributed by atoms with Crippen LogP contribution in [0.15, 0.2) is 18.3 Å². The Morgan fingerprint density at radius 3 is 3.00 bits per heavy atom. The summed E-state index contributed by atoms with van der Waals surface area (Å²) >= 11 is 0. The van der Waals surface area contributed by atoms with E-state index in [4.69, 9.17) is 5.26 Å². The van der Waals surface area contributed by atoms with Crippen LogP contribution in [0.2, 0.25) is 0 Å². The van der Waals surface area contributed by atoms with Gasteiger partial charge in [0.2, 0.25) is 0 Å². The fourth-order valence-electron chi connectivity index (χ4n) is 0.389. The van der Waals surface area contributed by atoms with Crippen molar-refractivity contribution in [1.82, 2.24) is 4.98 Å². The van der Waals surface area contributed by atoms with Crippen LogP contribution in [0.1, 0.15) is 5.56 Å². The maximum absolute atomic E-state index is 8.22. The molecule has 2 nitrogen and oxygen atoms in total. The second kappa shape index (κ2) is 2.08. The molecule has 0 aliphatic heterocycles. The molecule has 0 aliphatic rings. The van der Waals surface area contributed by atoms with E-state index in [0.29, 0.717) is 5.56 Å². The Morgan fingerprint density at radius 1 is 1.75 bits per heavy atom. The highest BCUT2D eigenvalue weighted by atomic mass is 14.6. The van der Waals surface area contributed by atoms with Crippen molar-refractivity contribution >= 4 is 0 Å². The average molecular weight is 103 g/mol. The van der Waals surface area contributed by atoms with Gasteiger partial charge in [0, 0.05) is 6.20 Å². The number of nitriles is 1. The van der Waals surface area contributed by atoms with E-state index in [1.807, 2.05) is 6.07 Å². The summed E-state index contributed by atoms with van der Waals surface area (Å²) in [5.74, 6) is 0. The van der Waals surface area contributed by atoms with Crippen molar-refractivity contribution in [2.24, 2.45) is 0 Å². The van der Waals surface area contributed by atoms with E-state index in [-0.39, 0.29) is 0 Å². The minimum atomic E-state index is 0.479. The molecule has 0 spiro atoms. The van der Waals surface area contributed by atoms with Crippen LogP contribution in [0, 0.1) is 17.5 Å². The Hall–Kier alpha value is -1.36. The Labute approximate surface area is 47.4 Å². The standard InChI is InChI=1S/C6H3N2/c7-4-6-2-1-3-8-5-6/h1-3H. The van der Waals surface area contributed by atoms with Gasteiger partial charge in [0.15, 0.2) is 0 Å². The van der Waals surface area contributed by atoms with Crippen LogP contribution >= 0.6 is 0 Å². The number of pyridine rings is 1. The zero-order valence-electron chi connectivity index (χ0n) is 4.13. The van der Waals surface area contributed by atoms with Crippen molar-refractivity contribution in [3.8, 4) is 6.07 Å². The van der Waals surface area contributed by atoms with E-state index >= 15 is 0 Å². The molecule has 0 aromatic carbocycles. The van der Waals surface area contributed by atoms with Crippen molar-refractivity contribution in [3.63, 3.8) is 0 Å². The molecule has 0 fully saturated rings. The third-order valence-corrected chi connectivity index (χ3v) is 0.729. The van der Waals surface area contributed by atoms with Gasteiger partial charge in [-0.25, -0.2) is 0 Å². The lowest BCUT2D eigenvalue weighted by Gasteiger charge is -1.78. The highest BCUT2D eigenvalue weighted by molar-refractivity contribution is 5.22. The maximum atomic E-state index is 8.22. The Kier molecular flexibility index (Phi) is 1.25. The van der Waals surface area contributed by atoms with Gasteiger partial charge in [-0.3, -0.25) is 4.98 Å². The number of nitrogens with zero attached hydrogens (tertiary/aromatic N) is 2. The third-order valence-electron chi connectivity index (χ3n) is 0.729. The predicted molar refractivity (Wildman–Crippen MR) is 27.8 cm³/mol. The minimum absolute atomic E-state index is 0.479. The Bertz CT molecular complexity index is 198. The summed E-state index contributed by atoms with van der Waals surface area (Å²) < 4.78 is 0. The fraction of sp³-hybridized carbons (Fsp3) is 0. The van der Waals surface area contributed by atoms with Gasteiger partial charge in [-0.15, -0.1) is 0 Å². The molecule has 0 N–H and O–H groups in total.